The third kappa shape index (κ3) is 5.73. The highest BCUT2D eigenvalue weighted by atomic mass is 32.2. The highest BCUT2D eigenvalue weighted by Gasteiger charge is 2.23. The van der Waals surface area contributed by atoms with E-state index in [1.807, 2.05) is 6.92 Å². The van der Waals surface area contributed by atoms with Gasteiger partial charge in [0.25, 0.3) is 5.91 Å². The fraction of sp³-hybridized carbons (Fsp3) is 0.417. The van der Waals surface area contributed by atoms with E-state index in [1.54, 1.807) is 60.5 Å². The second-order valence-corrected chi connectivity index (χ2v) is 10.4. The number of amides is 2. The Balaban J connectivity index is 1.70. The number of anilines is 1. The molecule has 2 aromatic rings. The summed E-state index contributed by atoms with van der Waals surface area (Å²) < 4.78 is 23.3. The smallest absolute Gasteiger partial charge is 0.254 e. The van der Waals surface area contributed by atoms with Crippen LogP contribution in [-0.4, -0.2) is 38.4 Å². The molecule has 31 heavy (non-hydrogen) atoms. The first-order valence-electron chi connectivity index (χ1n) is 10.6. The van der Waals surface area contributed by atoms with Crippen LogP contribution in [0.4, 0.5) is 5.69 Å². The number of carbonyl (C=O) groups excluding carboxylic acids is 2. The van der Waals surface area contributed by atoms with Crippen molar-refractivity contribution in [2.75, 3.05) is 18.6 Å². The minimum Gasteiger partial charge on any atom is -0.335 e. The zero-order chi connectivity index (χ0) is 22.6. The third-order valence-corrected chi connectivity index (χ3v) is 7.17. The van der Waals surface area contributed by atoms with Gasteiger partial charge in [0.05, 0.1) is 10.9 Å². The lowest BCUT2D eigenvalue weighted by atomic mass is 9.88. The van der Waals surface area contributed by atoms with Gasteiger partial charge in [-0.05, 0) is 55.7 Å². The highest BCUT2D eigenvalue weighted by molar-refractivity contribution is 7.90. The molecular weight excluding hydrogens is 412 g/mol. The van der Waals surface area contributed by atoms with Crippen LogP contribution in [-0.2, 0) is 14.6 Å². The van der Waals surface area contributed by atoms with Crippen molar-refractivity contribution in [1.82, 2.24) is 4.90 Å². The molecule has 6 nitrogen and oxygen atoms in total. The summed E-state index contributed by atoms with van der Waals surface area (Å²) in [6.45, 7) is 1.89. The quantitative estimate of drug-likeness (QED) is 0.717. The normalized spacial score (nSPS) is 15.8. The van der Waals surface area contributed by atoms with Crippen LogP contribution >= 0.6 is 0 Å². The summed E-state index contributed by atoms with van der Waals surface area (Å²) in [5, 5.41) is 2.96. The number of nitrogens with one attached hydrogen (secondary N) is 1. The van der Waals surface area contributed by atoms with E-state index in [2.05, 4.69) is 5.32 Å². The van der Waals surface area contributed by atoms with E-state index >= 15 is 0 Å². The minimum atomic E-state index is -3.26. The van der Waals surface area contributed by atoms with E-state index in [1.165, 1.54) is 12.7 Å². The van der Waals surface area contributed by atoms with Gasteiger partial charge in [-0.25, -0.2) is 8.42 Å². The van der Waals surface area contributed by atoms with Gasteiger partial charge >= 0.3 is 0 Å². The van der Waals surface area contributed by atoms with E-state index in [4.69, 9.17) is 0 Å². The van der Waals surface area contributed by atoms with Crippen molar-refractivity contribution in [3.8, 4) is 0 Å². The Morgan fingerprint density at radius 2 is 1.68 bits per heavy atom. The van der Waals surface area contributed by atoms with Gasteiger partial charge in [0.2, 0.25) is 5.91 Å². The molecule has 1 aliphatic carbocycles. The molecule has 1 saturated carbocycles. The molecule has 1 unspecified atom stereocenters. The lowest BCUT2D eigenvalue weighted by Crippen LogP contribution is -2.30. The Kier molecular flexibility index (Phi) is 7.15. The van der Waals surface area contributed by atoms with Crippen LogP contribution in [0.1, 0.15) is 61.0 Å². The number of carbonyl (C=O) groups is 2. The molecule has 0 saturated heterocycles. The van der Waals surface area contributed by atoms with Gasteiger partial charge in [0.15, 0.2) is 9.84 Å². The van der Waals surface area contributed by atoms with Gasteiger partial charge < -0.3 is 10.2 Å². The van der Waals surface area contributed by atoms with Crippen molar-refractivity contribution >= 4 is 27.3 Å². The maximum atomic E-state index is 13.0. The van der Waals surface area contributed by atoms with Gasteiger partial charge in [-0.3, -0.25) is 9.59 Å². The van der Waals surface area contributed by atoms with Gasteiger partial charge in [-0.15, -0.1) is 0 Å². The van der Waals surface area contributed by atoms with E-state index in [9.17, 15) is 18.0 Å². The molecule has 1 fully saturated rings. The lowest BCUT2D eigenvalue weighted by Gasteiger charge is -2.26. The maximum Gasteiger partial charge on any atom is 0.254 e. The Morgan fingerprint density at radius 3 is 2.29 bits per heavy atom. The summed E-state index contributed by atoms with van der Waals surface area (Å²) in [4.78, 5) is 27.4. The molecule has 0 bridgehead atoms. The SMILES string of the molecule is CC(c1ccc(S(C)(=O)=O)cc1)N(C)C(=O)c1cccc(NC(=O)C2CCCCC2)c1. The lowest BCUT2D eigenvalue weighted by molar-refractivity contribution is -0.120. The molecule has 7 heteroatoms. The van der Waals surface area contributed by atoms with Crippen LogP contribution in [0.25, 0.3) is 0 Å². The molecule has 0 aromatic heterocycles. The first-order chi connectivity index (χ1) is 14.7. The standard InChI is InChI=1S/C24H30N2O4S/c1-17(18-12-14-22(15-13-18)31(3,29)30)26(2)24(28)20-10-7-11-21(16-20)25-23(27)19-8-5-4-6-9-19/h7,10-17,19H,4-6,8-9H2,1-3H3,(H,25,27). The fourth-order valence-corrected chi connectivity index (χ4v) is 4.57. The Labute approximate surface area is 184 Å². The molecule has 2 amide bonds. The van der Waals surface area contributed by atoms with E-state index < -0.39 is 9.84 Å². The predicted molar refractivity (Wildman–Crippen MR) is 122 cm³/mol. The summed E-state index contributed by atoms with van der Waals surface area (Å²) in [5.41, 5.74) is 1.95. The topological polar surface area (TPSA) is 83.6 Å². The summed E-state index contributed by atoms with van der Waals surface area (Å²) in [6.07, 6.45) is 6.37. The predicted octanol–water partition coefficient (Wildman–Crippen LogP) is 4.44. The van der Waals surface area contributed by atoms with Crippen LogP contribution in [0, 0.1) is 5.92 Å². The molecular formula is C24H30N2O4S. The molecule has 166 valence electrons. The average Bonchev–Trinajstić information content (AvgIpc) is 2.78. The highest BCUT2D eigenvalue weighted by Crippen LogP contribution is 2.26. The molecule has 0 radical (unpaired) electrons. The fourth-order valence-electron chi connectivity index (χ4n) is 3.94. The number of benzene rings is 2. The summed E-state index contributed by atoms with van der Waals surface area (Å²) >= 11 is 0. The van der Waals surface area contributed by atoms with E-state index in [0.29, 0.717) is 11.3 Å². The summed E-state index contributed by atoms with van der Waals surface area (Å²) in [5.74, 6) is -0.101. The Hall–Kier alpha value is -2.67. The second-order valence-electron chi connectivity index (χ2n) is 8.34. The van der Waals surface area contributed by atoms with Crippen LogP contribution in [0.3, 0.4) is 0 Å². The molecule has 1 atom stereocenters. The maximum absolute atomic E-state index is 13.0. The van der Waals surface area contributed by atoms with Crippen molar-refractivity contribution in [1.29, 1.82) is 0 Å². The molecule has 3 rings (SSSR count). The number of hydrogen-bond acceptors (Lipinski definition) is 4. The van der Waals surface area contributed by atoms with Crippen molar-refractivity contribution in [2.45, 2.75) is 50.0 Å². The Bertz CT molecular complexity index is 1040. The number of rotatable bonds is 6. The van der Waals surface area contributed by atoms with Crippen molar-refractivity contribution in [3.63, 3.8) is 0 Å². The van der Waals surface area contributed by atoms with Crippen LogP contribution in [0.5, 0.6) is 0 Å². The van der Waals surface area contributed by atoms with Crippen molar-refractivity contribution in [3.05, 3.63) is 59.7 Å². The second kappa shape index (κ2) is 9.64. The average molecular weight is 443 g/mol. The van der Waals surface area contributed by atoms with Crippen molar-refractivity contribution in [2.24, 2.45) is 5.92 Å². The van der Waals surface area contributed by atoms with Gasteiger partial charge in [-0.2, -0.15) is 0 Å². The van der Waals surface area contributed by atoms with Crippen LogP contribution in [0.15, 0.2) is 53.4 Å². The zero-order valence-electron chi connectivity index (χ0n) is 18.3. The molecule has 1 N–H and O–H groups in total. The molecule has 0 heterocycles. The first-order valence-corrected chi connectivity index (χ1v) is 12.5. The minimum absolute atomic E-state index is 0.0250. The van der Waals surface area contributed by atoms with E-state index in [0.717, 1.165) is 31.2 Å². The number of sulfone groups is 1. The van der Waals surface area contributed by atoms with Gasteiger partial charge in [-0.1, -0.05) is 37.5 Å². The molecule has 0 spiro atoms. The Morgan fingerprint density at radius 1 is 1.03 bits per heavy atom. The third-order valence-electron chi connectivity index (χ3n) is 6.04. The van der Waals surface area contributed by atoms with Gasteiger partial charge in [0, 0.05) is 30.5 Å². The van der Waals surface area contributed by atoms with Crippen LogP contribution < -0.4 is 5.32 Å². The number of hydrogen-bond donors (Lipinski definition) is 1. The zero-order valence-corrected chi connectivity index (χ0v) is 19.1. The summed E-state index contributed by atoms with van der Waals surface area (Å²) in [7, 11) is -1.55. The molecule has 2 aromatic carbocycles. The first kappa shape index (κ1) is 23.0. The van der Waals surface area contributed by atoms with Gasteiger partial charge in [0.1, 0.15) is 0 Å². The number of nitrogens with zero attached hydrogens (tertiary/aromatic N) is 1. The van der Waals surface area contributed by atoms with Crippen molar-refractivity contribution < 1.29 is 18.0 Å². The van der Waals surface area contributed by atoms with E-state index in [-0.39, 0.29) is 28.7 Å². The molecule has 1 aliphatic rings. The molecule has 0 aliphatic heterocycles. The monoisotopic (exact) mass is 442 g/mol. The largest absolute Gasteiger partial charge is 0.335 e. The van der Waals surface area contributed by atoms with Crippen LogP contribution in [0.2, 0.25) is 0 Å². The summed E-state index contributed by atoms with van der Waals surface area (Å²) in [6, 6.07) is 13.3.